The lowest BCUT2D eigenvalue weighted by molar-refractivity contribution is 0.0843. The molecule has 2 heterocycles. The van der Waals surface area contributed by atoms with Crippen LogP contribution in [0.3, 0.4) is 0 Å². The number of nitrogens with one attached hydrogen (secondary N) is 3. The van der Waals surface area contributed by atoms with E-state index in [1.54, 1.807) is 31.2 Å². The van der Waals surface area contributed by atoms with E-state index >= 15 is 0 Å². The molecule has 11 nitrogen and oxygen atoms in total. The Labute approximate surface area is 201 Å². The number of hydrazine groups is 1. The van der Waals surface area contributed by atoms with E-state index in [2.05, 4.69) is 20.7 Å². The lowest BCUT2D eigenvalue weighted by Gasteiger charge is -2.12. The van der Waals surface area contributed by atoms with E-state index < -0.39 is 21.8 Å². The highest BCUT2D eigenvalue weighted by atomic mass is 32.2. The van der Waals surface area contributed by atoms with E-state index in [0.717, 1.165) is 12.8 Å². The van der Waals surface area contributed by atoms with Crippen molar-refractivity contribution < 1.29 is 22.7 Å². The predicted octanol–water partition coefficient (Wildman–Crippen LogP) is 0.949. The molecule has 1 unspecified atom stereocenters. The SMILES string of the molecule is CCn1nc(C(=O)NNC(=O)c2ccc(S(=O)(=O)NCC3CCCO3)cc2)c2ccccc2c1=O. The second-order valence-corrected chi connectivity index (χ2v) is 9.70. The fraction of sp³-hybridized carbons (Fsp3) is 0.304. The molecule has 1 aliphatic rings. The number of carbonyl (C=O) groups is 2. The summed E-state index contributed by atoms with van der Waals surface area (Å²) < 4.78 is 34.0. The first-order chi connectivity index (χ1) is 16.8. The maximum atomic E-state index is 12.7. The van der Waals surface area contributed by atoms with E-state index in [4.69, 9.17) is 4.74 Å². The Bertz CT molecular complexity index is 1410. The molecule has 1 saturated heterocycles. The van der Waals surface area contributed by atoms with Crippen molar-refractivity contribution in [1.29, 1.82) is 0 Å². The maximum absolute atomic E-state index is 12.7. The van der Waals surface area contributed by atoms with Gasteiger partial charge in [0, 0.05) is 30.6 Å². The minimum atomic E-state index is -3.75. The van der Waals surface area contributed by atoms with Crippen molar-refractivity contribution in [2.45, 2.75) is 37.3 Å². The number of fused-ring (bicyclic) bond motifs is 1. The molecule has 12 heteroatoms. The summed E-state index contributed by atoms with van der Waals surface area (Å²) in [5.74, 6) is -1.35. The first-order valence-corrected chi connectivity index (χ1v) is 12.6. The van der Waals surface area contributed by atoms with Crippen molar-refractivity contribution in [3.05, 3.63) is 70.1 Å². The molecule has 0 bridgehead atoms. The number of aryl methyl sites for hydroxylation is 1. The van der Waals surface area contributed by atoms with Crippen molar-refractivity contribution in [3.63, 3.8) is 0 Å². The topological polar surface area (TPSA) is 148 Å². The van der Waals surface area contributed by atoms with Crippen molar-refractivity contribution >= 4 is 32.6 Å². The van der Waals surface area contributed by atoms with Crippen LogP contribution in [-0.4, -0.2) is 49.3 Å². The number of carbonyl (C=O) groups excluding carboxylic acids is 2. The van der Waals surface area contributed by atoms with Gasteiger partial charge in [0.05, 0.1) is 16.4 Å². The molecule has 2 aromatic carbocycles. The van der Waals surface area contributed by atoms with E-state index in [0.29, 0.717) is 17.4 Å². The van der Waals surface area contributed by atoms with Gasteiger partial charge in [-0.05, 0) is 50.1 Å². The lowest BCUT2D eigenvalue weighted by Crippen LogP contribution is -2.42. The van der Waals surface area contributed by atoms with E-state index in [9.17, 15) is 22.8 Å². The molecular weight excluding hydrogens is 474 g/mol. The van der Waals surface area contributed by atoms with Gasteiger partial charge in [0.1, 0.15) is 0 Å². The third-order valence-electron chi connectivity index (χ3n) is 5.62. The molecule has 1 aromatic heterocycles. The molecule has 0 saturated carbocycles. The highest BCUT2D eigenvalue weighted by molar-refractivity contribution is 7.89. The molecule has 0 radical (unpaired) electrons. The second kappa shape index (κ2) is 10.3. The van der Waals surface area contributed by atoms with Crippen LogP contribution in [0.1, 0.15) is 40.6 Å². The number of aromatic nitrogens is 2. The number of ether oxygens (including phenoxy) is 1. The second-order valence-electron chi connectivity index (χ2n) is 7.93. The van der Waals surface area contributed by atoms with Gasteiger partial charge in [-0.1, -0.05) is 18.2 Å². The Kier molecular flexibility index (Phi) is 7.24. The van der Waals surface area contributed by atoms with Gasteiger partial charge in [0.2, 0.25) is 10.0 Å². The van der Waals surface area contributed by atoms with Crippen LogP contribution in [0.25, 0.3) is 10.8 Å². The van der Waals surface area contributed by atoms with Gasteiger partial charge in [-0.2, -0.15) is 5.10 Å². The number of sulfonamides is 1. The first kappa shape index (κ1) is 24.5. The van der Waals surface area contributed by atoms with Crippen molar-refractivity contribution in [3.8, 4) is 0 Å². The zero-order valence-corrected chi connectivity index (χ0v) is 19.8. The van der Waals surface area contributed by atoms with Gasteiger partial charge >= 0.3 is 0 Å². The molecule has 3 N–H and O–H groups in total. The summed E-state index contributed by atoms with van der Waals surface area (Å²) in [7, 11) is -3.75. The first-order valence-electron chi connectivity index (χ1n) is 11.1. The van der Waals surface area contributed by atoms with Gasteiger partial charge < -0.3 is 4.74 Å². The number of benzene rings is 2. The predicted molar refractivity (Wildman–Crippen MR) is 127 cm³/mol. The summed E-state index contributed by atoms with van der Waals surface area (Å²) in [4.78, 5) is 37.7. The van der Waals surface area contributed by atoms with Crippen LogP contribution < -0.4 is 21.1 Å². The maximum Gasteiger partial charge on any atom is 0.290 e. The summed E-state index contributed by atoms with van der Waals surface area (Å²) >= 11 is 0. The monoisotopic (exact) mass is 499 g/mol. The Morgan fingerprint density at radius 2 is 1.74 bits per heavy atom. The zero-order chi connectivity index (χ0) is 25.0. The van der Waals surface area contributed by atoms with Crippen LogP contribution >= 0.6 is 0 Å². The summed E-state index contributed by atoms with van der Waals surface area (Å²) in [6, 6.07) is 11.9. The molecular formula is C23H25N5O6S. The number of nitrogens with zero attached hydrogens (tertiary/aromatic N) is 2. The van der Waals surface area contributed by atoms with Crippen LogP contribution in [-0.2, 0) is 21.3 Å². The largest absolute Gasteiger partial charge is 0.377 e. The zero-order valence-electron chi connectivity index (χ0n) is 19.0. The normalized spacial score (nSPS) is 15.7. The van der Waals surface area contributed by atoms with E-state index in [-0.39, 0.29) is 40.9 Å². The van der Waals surface area contributed by atoms with Crippen LogP contribution in [0.2, 0.25) is 0 Å². The van der Waals surface area contributed by atoms with Gasteiger partial charge in [-0.15, -0.1) is 0 Å². The third kappa shape index (κ3) is 5.39. The molecule has 4 rings (SSSR count). The summed E-state index contributed by atoms with van der Waals surface area (Å²) in [6.45, 7) is 2.81. The molecule has 1 atom stereocenters. The highest BCUT2D eigenvalue weighted by Crippen LogP contribution is 2.15. The summed E-state index contributed by atoms with van der Waals surface area (Å²) in [6.07, 6.45) is 1.57. The fourth-order valence-corrected chi connectivity index (χ4v) is 4.81. The van der Waals surface area contributed by atoms with Gasteiger partial charge in [0.15, 0.2) is 5.69 Å². The summed E-state index contributed by atoms with van der Waals surface area (Å²) in [5.41, 5.74) is 4.39. The number of hydrogen-bond donors (Lipinski definition) is 3. The van der Waals surface area contributed by atoms with E-state index in [1.807, 2.05) is 0 Å². The van der Waals surface area contributed by atoms with E-state index in [1.165, 1.54) is 28.9 Å². The van der Waals surface area contributed by atoms with Gasteiger partial charge in [-0.3, -0.25) is 25.2 Å². The molecule has 35 heavy (non-hydrogen) atoms. The highest BCUT2D eigenvalue weighted by Gasteiger charge is 2.21. The number of rotatable bonds is 7. The average molecular weight is 500 g/mol. The van der Waals surface area contributed by atoms with Gasteiger partial charge in [0.25, 0.3) is 17.4 Å². The summed E-state index contributed by atoms with van der Waals surface area (Å²) in [5, 5.41) is 4.81. The smallest absolute Gasteiger partial charge is 0.290 e. The quantitative estimate of drug-likeness (QED) is 0.410. The van der Waals surface area contributed by atoms with Crippen LogP contribution in [0.5, 0.6) is 0 Å². The van der Waals surface area contributed by atoms with Crippen LogP contribution in [0, 0.1) is 0 Å². The standard InChI is InChI=1S/C23H25N5O6S/c1-2-28-23(31)19-8-4-3-7-18(19)20(27-28)22(30)26-25-21(29)15-9-11-17(12-10-15)35(32,33)24-14-16-6-5-13-34-16/h3-4,7-12,16,24H,2,5-6,13-14H2,1H3,(H,25,29)(H,26,30). The molecule has 2 amide bonds. The third-order valence-corrected chi connectivity index (χ3v) is 7.06. The fourth-order valence-electron chi connectivity index (χ4n) is 3.74. The molecule has 0 spiro atoms. The van der Waals surface area contributed by atoms with Crippen LogP contribution in [0.4, 0.5) is 0 Å². The molecule has 1 fully saturated rings. The van der Waals surface area contributed by atoms with Crippen molar-refractivity contribution in [2.24, 2.45) is 0 Å². The van der Waals surface area contributed by atoms with Crippen LogP contribution in [0.15, 0.2) is 58.2 Å². The molecule has 0 aliphatic carbocycles. The molecule has 1 aliphatic heterocycles. The van der Waals surface area contributed by atoms with Crippen molar-refractivity contribution in [2.75, 3.05) is 13.2 Å². The van der Waals surface area contributed by atoms with Crippen molar-refractivity contribution in [1.82, 2.24) is 25.4 Å². The molecule has 3 aromatic rings. The Balaban J connectivity index is 1.42. The van der Waals surface area contributed by atoms with Gasteiger partial charge in [-0.25, -0.2) is 17.8 Å². The molecule has 184 valence electrons. The lowest BCUT2D eigenvalue weighted by atomic mass is 10.1. The Morgan fingerprint density at radius 1 is 1.06 bits per heavy atom. The minimum absolute atomic E-state index is 0.00794. The minimum Gasteiger partial charge on any atom is -0.377 e. The Morgan fingerprint density at radius 3 is 2.40 bits per heavy atom. The Hall–Kier alpha value is -3.61. The average Bonchev–Trinajstić information content (AvgIpc) is 3.40. The number of amides is 2. The number of hydrogen-bond acceptors (Lipinski definition) is 7.